The van der Waals surface area contributed by atoms with Crippen LogP contribution in [0, 0.1) is 0 Å². The van der Waals surface area contributed by atoms with Crippen molar-refractivity contribution in [1.29, 1.82) is 0 Å². The van der Waals surface area contributed by atoms with E-state index in [-0.39, 0.29) is 37.6 Å². The van der Waals surface area contributed by atoms with Crippen LogP contribution in [0.15, 0.2) is 35.2 Å². The predicted molar refractivity (Wildman–Crippen MR) is 131 cm³/mol. The monoisotopic (exact) mass is 586 g/mol. The quantitative estimate of drug-likeness (QED) is 0.193. The Morgan fingerprint density at radius 2 is 1.84 bits per heavy atom. The van der Waals surface area contributed by atoms with E-state index >= 15 is 0 Å². The Morgan fingerprint density at radius 1 is 1.16 bits per heavy atom. The maximum Gasteiger partial charge on any atom is 0.416 e. The van der Waals surface area contributed by atoms with Gasteiger partial charge in [0.05, 0.1) is 33.0 Å². The molecule has 1 aromatic heterocycles. The van der Waals surface area contributed by atoms with Crippen molar-refractivity contribution in [3.05, 3.63) is 47.3 Å². The third kappa shape index (κ3) is 7.60. The molecule has 0 N–H and O–H groups in total. The van der Waals surface area contributed by atoms with Gasteiger partial charge in [-0.15, -0.1) is 0 Å². The Labute approximate surface area is 219 Å². The van der Waals surface area contributed by atoms with Crippen molar-refractivity contribution in [3.8, 4) is 0 Å². The van der Waals surface area contributed by atoms with Gasteiger partial charge in [0.2, 0.25) is 0 Å². The van der Waals surface area contributed by atoms with Gasteiger partial charge in [0.25, 0.3) is 0 Å². The zero-order valence-corrected chi connectivity index (χ0v) is 23.4. The average Bonchev–Trinajstić information content (AvgIpc) is 3.16. The summed E-state index contributed by atoms with van der Waals surface area (Å²) < 4.78 is 117. The van der Waals surface area contributed by atoms with Crippen LogP contribution in [0.4, 0.5) is 26.3 Å². The number of sulfone groups is 1. The molecule has 6 nitrogen and oxygen atoms in total. The van der Waals surface area contributed by atoms with Crippen LogP contribution in [0.1, 0.15) is 42.8 Å². The molecule has 1 aliphatic heterocycles. The van der Waals surface area contributed by atoms with Crippen molar-refractivity contribution in [2.24, 2.45) is 0 Å². The molecule has 0 bridgehead atoms. The first-order valence-electron chi connectivity index (χ1n) is 12.1. The fourth-order valence-corrected chi connectivity index (χ4v) is 6.79. The Morgan fingerprint density at radius 3 is 2.45 bits per heavy atom. The smallest absolute Gasteiger partial charge is 0.372 e. The van der Waals surface area contributed by atoms with Gasteiger partial charge in [-0.3, -0.25) is 0 Å². The van der Waals surface area contributed by atoms with Crippen molar-refractivity contribution in [2.75, 3.05) is 13.2 Å². The first-order valence-corrected chi connectivity index (χ1v) is 17.2. The zero-order valence-electron chi connectivity index (χ0n) is 21.6. The highest BCUT2D eigenvalue weighted by Gasteiger charge is 2.46. The minimum atomic E-state index is -4.72. The zero-order chi connectivity index (χ0) is 28.6. The molecule has 3 rings (SSSR count). The van der Waals surface area contributed by atoms with Crippen molar-refractivity contribution < 1.29 is 44.2 Å². The third-order valence-corrected chi connectivity index (χ3v) is 10.7. The summed E-state index contributed by atoms with van der Waals surface area (Å²) >= 11 is 0. The van der Waals surface area contributed by atoms with Crippen molar-refractivity contribution in [2.45, 2.75) is 86.7 Å². The van der Waals surface area contributed by atoms with E-state index in [2.05, 4.69) is 24.7 Å². The summed E-state index contributed by atoms with van der Waals surface area (Å²) in [5, 5.41) is 4.04. The normalized spacial score (nSPS) is 21.6. The largest absolute Gasteiger partial charge is 0.416 e. The van der Waals surface area contributed by atoms with Crippen LogP contribution in [0.5, 0.6) is 0 Å². The first-order chi connectivity index (χ1) is 17.3. The van der Waals surface area contributed by atoms with Gasteiger partial charge in [-0.05, 0) is 50.1 Å². The van der Waals surface area contributed by atoms with Crippen LogP contribution < -0.4 is 0 Å². The number of halogens is 6. The minimum absolute atomic E-state index is 0.00165. The fourth-order valence-electron chi connectivity index (χ4n) is 4.20. The maximum absolute atomic E-state index is 13.5. The van der Waals surface area contributed by atoms with Crippen LogP contribution in [0.2, 0.25) is 25.7 Å². The first kappa shape index (κ1) is 30.6. The van der Waals surface area contributed by atoms with Gasteiger partial charge >= 0.3 is 12.4 Å². The predicted octanol–water partition coefficient (Wildman–Crippen LogP) is 6.40. The van der Waals surface area contributed by atoms with Gasteiger partial charge in [-0.1, -0.05) is 25.7 Å². The molecule has 2 atom stereocenters. The van der Waals surface area contributed by atoms with Gasteiger partial charge in [0, 0.05) is 21.3 Å². The second-order valence-corrected chi connectivity index (χ2v) is 19.1. The van der Waals surface area contributed by atoms with E-state index in [1.165, 1.54) is 17.7 Å². The number of hydrogen-bond donors (Lipinski definition) is 0. The van der Waals surface area contributed by atoms with Crippen LogP contribution in [0.25, 0.3) is 0 Å². The van der Waals surface area contributed by atoms with E-state index in [1.807, 2.05) is 0 Å². The van der Waals surface area contributed by atoms with Gasteiger partial charge in [-0.25, -0.2) is 13.1 Å². The van der Waals surface area contributed by atoms with Crippen molar-refractivity contribution in [3.63, 3.8) is 0 Å². The molecule has 0 radical (unpaired) electrons. The Hall–Kier alpha value is -1.90. The second-order valence-electron chi connectivity index (χ2n) is 11.0. The Kier molecular flexibility index (Phi) is 8.81. The summed E-state index contributed by atoms with van der Waals surface area (Å²) in [6.07, 6.45) is -11.7. The molecule has 14 heteroatoms. The molecule has 214 valence electrons. The Bertz CT molecular complexity index is 1220. The molecule has 1 aliphatic rings. The lowest BCUT2D eigenvalue weighted by molar-refractivity contribution is -0.137. The van der Waals surface area contributed by atoms with Crippen LogP contribution in [-0.2, 0) is 38.6 Å². The molecule has 0 amide bonds. The molecule has 1 saturated heterocycles. The summed E-state index contributed by atoms with van der Waals surface area (Å²) in [7, 11) is -5.70. The molecule has 2 heterocycles. The highest BCUT2D eigenvalue weighted by molar-refractivity contribution is 7.92. The van der Waals surface area contributed by atoms with Gasteiger partial charge in [-0.2, -0.15) is 31.4 Å². The maximum atomic E-state index is 13.5. The summed E-state index contributed by atoms with van der Waals surface area (Å²) in [5.41, 5.74) is -1.13. The number of rotatable bonds is 9. The van der Waals surface area contributed by atoms with Gasteiger partial charge in [0.1, 0.15) is 12.8 Å². The van der Waals surface area contributed by atoms with E-state index in [1.54, 1.807) is 0 Å². The van der Waals surface area contributed by atoms with E-state index in [4.69, 9.17) is 9.47 Å². The van der Waals surface area contributed by atoms with Crippen molar-refractivity contribution in [1.82, 2.24) is 9.78 Å². The highest BCUT2D eigenvalue weighted by atomic mass is 32.2. The third-order valence-electron chi connectivity index (χ3n) is 6.47. The molecule has 0 aliphatic carbocycles. The molecule has 1 fully saturated rings. The second kappa shape index (κ2) is 10.9. The molecule has 0 saturated carbocycles. The molecule has 1 aromatic carbocycles. The SMILES string of the molecule is CC1(S(=O)(=O)c2cccc(C(F)(F)F)c2)CCOC(c2cc(CC(F)(F)F)nn2COCC[Si](C)(C)C)C1. The number of nitrogens with zero attached hydrogens (tertiary/aromatic N) is 2. The standard InChI is InChI=1S/C24H32F6N2O4SSi/c1-22(37(33,34)19-7-5-6-17(12-19)24(28,29)30)8-9-36-21(15-22)20-13-18(14-23(25,26)27)31-32(20)16-35-10-11-38(2,3)4/h5-7,12-13,21H,8-11,14-16H2,1-4H3. The van der Waals surface area contributed by atoms with Gasteiger partial charge < -0.3 is 9.47 Å². The Balaban J connectivity index is 1.90. The number of benzene rings is 1. The molecule has 38 heavy (non-hydrogen) atoms. The highest BCUT2D eigenvalue weighted by Crippen LogP contribution is 2.43. The fraction of sp³-hybridized carbons (Fsp3) is 0.625. The summed E-state index contributed by atoms with van der Waals surface area (Å²) in [5.74, 6) is 0. The number of ether oxygens (including phenoxy) is 2. The van der Waals surface area contributed by atoms with E-state index in [9.17, 15) is 34.8 Å². The lowest BCUT2D eigenvalue weighted by Gasteiger charge is -2.37. The van der Waals surface area contributed by atoms with Crippen LogP contribution in [-0.4, -0.2) is 50.4 Å². The molecular weight excluding hydrogens is 554 g/mol. The molecular formula is C24H32F6N2O4SSi. The molecule has 0 spiro atoms. The topological polar surface area (TPSA) is 70.4 Å². The van der Waals surface area contributed by atoms with E-state index in [0.29, 0.717) is 12.7 Å². The van der Waals surface area contributed by atoms with Crippen LogP contribution >= 0.6 is 0 Å². The molecule has 2 aromatic rings. The number of aromatic nitrogens is 2. The lowest BCUT2D eigenvalue weighted by Crippen LogP contribution is -2.42. The van der Waals surface area contributed by atoms with Crippen molar-refractivity contribution >= 4 is 17.9 Å². The van der Waals surface area contributed by atoms with Gasteiger partial charge in [0.15, 0.2) is 9.84 Å². The summed E-state index contributed by atoms with van der Waals surface area (Å²) in [6, 6.07) is 5.58. The molecule has 2 unspecified atom stereocenters. The van der Waals surface area contributed by atoms with E-state index < -0.39 is 58.0 Å². The number of alkyl halides is 6. The minimum Gasteiger partial charge on any atom is -0.372 e. The summed E-state index contributed by atoms with van der Waals surface area (Å²) in [6.45, 7) is 8.05. The van der Waals surface area contributed by atoms with E-state index in [0.717, 1.165) is 24.2 Å². The van der Waals surface area contributed by atoms with Crippen LogP contribution in [0.3, 0.4) is 0 Å². The lowest BCUT2D eigenvalue weighted by atomic mass is 9.94. The number of hydrogen-bond acceptors (Lipinski definition) is 5. The average molecular weight is 587 g/mol. The summed E-state index contributed by atoms with van der Waals surface area (Å²) in [4.78, 5) is -0.476.